The van der Waals surface area contributed by atoms with Crippen molar-refractivity contribution >= 4 is 17.5 Å². The summed E-state index contributed by atoms with van der Waals surface area (Å²) in [7, 11) is 3.15. The van der Waals surface area contributed by atoms with E-state index < -0.39 is 0 Å². The number of carbonyl (C=O) groups excluding carboxylic acids is 2. The molecule has 0 radical (unpaired) electrons. The molecule has 1 aliphatic rings. The molecule has 2 amide bonds. The predicted octanol–water partition coefficient (Wildman–Crippen LogP) is 1.52. The monoisotopic (exact) mass is 306 g/mol. The van der Waals surface area contributed by atoms with Gasteiger partial charge in [0.05, 0.1) is 31.4 Å². The van der Waals surface area contributed by atoms with Gasteiger partial charge in [0.2, 0.25) is 11.8 Å². The summed E-state index contributed by atoms with van der Waals surface area (Å²) >= 11 is 0. The molecule has 0 aromatic heterocycles. The third kappa shape index (κ3) is 3.57. The minimum absolute atomic E-state index is 0.00951. The van der Waals surface area contributed by atoms with Crippen molar-refractivity contribution in [3.63, 3.8) is 0 Å². The van der Waals surface area contributed by atoms with E-state index in [0.29, 0.717) is 24.6 Å². The second kappa shape index (κ2) is 7.26. The van der Waals surface area contributed by atoms with Crippen LogP contribution in [0.1, 0.15) is 13.3 Å². The van der Waals surface area contributed by atoms with Crippen LogP contribution in [0, 0.1) is 5.92 Å². The molecule has 6 nitrogen and oxygen atoms in total. The van der Waals surface area contributed by atoms with E-state index in [1.54, 1.807) is 31.3 Å². The molecule has 0 spiro atoms. The lowest BCUT2D eigenvalue weighted by Crippen LogP contribution is -2.38. The molecule has 1 N–H and O–H groups in total. The van der Waals surface area contributed by atoms with Gasteiger partial charge in [-0.25, -0.2) is 0 Å². The number of hydrogen-bond donors (Lipinski definition) is 1. The maximum atomic E-state index is 12.4. The molecule has 1 fully saturated rings. The van der Waals surface area contributed by atoms with E-state index in [2.05, 4.69) is 5.32 Å². The normalized spacial score (nSPS) is 19.1. The van der Waals surface area contributed by atoms with Crippen molar-refractivity contribution in [2.75, 3.05) is 32.7 Å². The number of nitrogens with zero attached hydrogens (tertiary/aromatic N) is 1. The number of amides is 2. The third-order valence-corrected chi connectivity index (χ3v) is 3.83. The minimum atomic E-state index is -0.350. The molecule has 1 aliphatic heterocycles. The second-order valence-electron chi connectivity index (χ2n) is 5.44. The van der Waals surface area contributed by atoms with Crippen LogP contribution in [0.3, 0.4) is 0 Å². The molecule has 0 bridgehead atoms. The molecular formula is C16H22N2O4. The highest BCUT2D eigenvalue weighted by molar-refractivity contribution is 5.98. The lowest BCUT2D eigenvalue weighted by Gasteiger charge is -2.24. The Morgan fingerprint density at radius 2 is 2.14 bits per heavy atom. The number of hydrogen-bond acceptors (Lipinski definition) is 4. The van der Waals surface area contributed by atoms with E-state index in [9.17, 15) is 9.59 Å². The molecule has 22 heavy (non-hydrogen) atoms. The standard InChI is InChI=1S/C16H22N2O4/c1-11(10-21-2)18-9-12(8-15(18)19)16(20)17-13-6-4-5-7-14(13)22-3/h4-7,11-12H,8-10H2,1-3H3,(H,17,20)/t11-,12+/m1/s1. The largest absolute Gasteiger partial charge is 0.495 e. The zero-order chi connectivity index (χ0) is 16.1. The minimum Gasteiger partial charge on any atom is -0.495 e. The topological polar surface area (TPSA) is 67.9 Å². The Morgan fingerprint density at radius 3 is 2.82 bits per heavy atom. The van der Waals surface area contributed by atoms with Gasteiger partial charge in [-0.1, -0.05) is 12.1 Å². The van der Waals surface area contributed by atoms with E-state index in [0.717, 1.165) is 0 Å². The van der Waals surface area contributed by atoms with Gasteiger partial charge >= 0.3 is 0 Å². The van der Waals surface area contributed by atoms with Crippen LogP contribution in [0.2, 0.25) is 0 Å². The summed E-state index contributed by atoms with van der Waals surface area (Å²) in [6.07, 6.45) is 0.231. The Balaban J connectivity index is 2.01. The summed E-state index contributed by atoms with van der Waals surface area (Å²) in [5.41, 5.74) is 0.617. The molecule has 2 rings (SSSR count). The quantitative estimate of drug-likeness (QED) is 0.865. The van der Waals surface area contributed by atoms with Gasteiger partial charge in [-0.05, 0) is 19.1 Å². The van der Waals surface area contributed by atoms with Gasteiger partial charge in [-0.2, -0.15) is 0 Å². The highest BCUT2D eigenvalue weighted by Gasteiger charge is 2.36. The molecule has 0 unspecified atom stereocenters. The van der Waals surface area contributed by atoms with Crippen molar-refractivity contribution in [3.8, 4) is 5.75 Å². The molecule has 0 saturated carbocycles. The van der Waals surface area contributed by atoms with Crippen molar-refractivity contribution in [2.45, 2.75) is 19.4 Å². The molecular weight excluding hydrogens is 284 g/mol. The highest BCUT2D eigenvalue weighted by Crippen LogP contribution is 2.26. The Kier molecular flexibility index (Phi) is 5.38. The number of para-hydroxylation sites is 2. The summed E-state index contributed by atoms with van der Waals surface area (Å²) in [6.45, 7) is 2.80. The fourth-order valence-electron chi connectivity index (χ4n) is 2.65. The van der Waals surface area contributed by atoms with Crippen LogP contribution in [0.25, 0.3) is 0 Å². The molecule has 120 valence electrons. The number of methoxy groups -OCH3 is 2. The fourth-order valence-corrected chi connectivity index (χ4v) is 2.65. The molecule has 1 heterocycles. The molecule has 2 atom stereocenters. The van der Waals surface area contributed by atoms with Gasteiger partial charge in [0.15, 0.2) is 0 Å². The zero-order valence-electron chi connectivity index (χ0n) is 13.2. The Morgan fingerprint density at radius 1 is 1.41 bits per heavy atom. The summed E-state index contributed by atoms with van der Waals surface area (Å²) in [4.78, 5) is 26.1. The Labute approximate surface area is 130 Å². The first-order chi connectivity index (χ1) is 10.6. The first-order valence-corrected chi connectivity index (χ1v) is 7.29. The maximum absolute atomic E-state index is 12.4. The maximum Gasteiger partial charge on any atom is 0.229 e. The van der Waals surface area contributed by atoms with Gasteiger partial charge in [-0.15, -0.1) is 0 Å². The predicted molar refractivity (Wildman–Crippen MR) is 82.8 cm³/mol. The molecule has 1 aromatic rings. The fraction of sp³-hybridized carbons (Fsp3) is 0.500. The van der Waals surface area contributed by atoms with Gasteiger partial charge in [0, 0.05) is 20.1 Å². The first kappa shape index (κ1) is 16.3. The summed E-state index contributed by atoms with van der Waals surface area (Å²) in [6, 6.07) is 7.19. The number of ether oxygens (including phenoxy) is 2. The number of benzene rings is 1. The zero-order valence-corrected chi connectivity index (χ0v) is 13.2. The molecule has 1 saturated heterocycles. The lowest BCUT2D eigenvalue weighted by atomic mass is 10.1. The molecule has 6 heteroatoms. The van der Waals surface area contributed by atoms with Crippen LogP contribution in [-0.2, 0) is 14.3 Å². The van der Waals surface area contributed by atoms with Crippen LogP contribution >= 0.6 is 0 Å². The Bertz CT molecular complexity index is 547. The van der Waals surface area contributed by atoms with Crippen molar-refractivity contribution in [2.24, 2.45) is 5.92 Å². The average Bonchev–Trinajstić information content (AvgIpc) is 2.90. The smallest absolute Gasteiger partial charge is 0.229 e. The van der Waals surface area contributed by atoms with Crippen molar-refractivity contribution in [3.05, 3.63) is 24.3 Å². The first-order valence-electron chi connectivity index (χ1n) is 7.29. The second-order valence-corrected chi connectivity index (χ2v) is 5.44. The van der Waals surface area contributed by atoms with Gasteiger partial charge < -0.3 is 19.7 Å². The highest BCUT2D eigenvalue weighted by atomic mass is 16.5. The van der Waals surface area contributed by atoms with Crippen LogP contribution in [0.4, 0.5) is 5.69 Å². The van der Waals surface area contributed by atoms with E-state index in [4.69, 9.17) is 9.47 Å². The van der Waals surface area contributed by atoms with Crippen molar-refractivity contribution in [1.29, 1.82) is 0 Å². The average molecular weight is 306 g/mol. The Hall–Kier alpha value is -2.08. The van der Waals surface area contributed by atoms with E-state index in [1.165, 1.54) is 0 Å². The number of likely N-dealkylation sites (tertiary alicyclic amines) is 1. The molecule has 1 aromatic carbocycles. The van der Waals surface area contributed by atoms with E-state index in [1.807, 2.05) is 19.1 Å². The number of anilines is 1. The van der Waals surface area contributed by atoms with E-state index in [-0.39, 0.29) is 30.2 Å². The van der Waals surface area contributed by atoms with Gasteiger partial charge in [0.1, 0.15) is 5.75 Å². The van der Waals surface area contributed by atoms with Crippen LogP contribution in [0.15, 0.2) is 24.3 Å². The van der Waals surface area contributed by atoms with E-state index >= 15 is 0 Å². The number of rotatable bonds is 6. The van der Waals surface area contributed by atoms with Gasteiger partial charge in [0.25, 0.3) is 0 Å². The summed E-state index contributed by atoms with van der Waals surface area (Å²) in [5, 5.41) is 2.84. The summed E-state index contributed by atoms with van der Waals surface area (Å²) in [5.74, 6) is 0.0798. The number of nitrogens with one attached hydrogen (secondary N) is 1. The summed E-state index contributed by atoms with van der Waals surface area (Å²) < 4.78 is 10.3. The van der Waals surface area contributed by atoms with Crippen LogP contribution in [0.5, 0.6) is 5.75 Å². The number of carbonyl (C=O) groups is 2. The van der Waals surface area contributed by atoms with Crippen molar-refractivity contribution < 1.29 is 19.1 Å². The molecule has 0 aliphatic carbocycles. The van der Waals surface area contributed by atoms with Gasteiger partial charge in [-0.3, -0.25) is 9.59 Å². The SMILES string of the molecule is COC[C@@H](C)N1C[C@@H](C(=O)Nc2ccccc2OC)CC1=O. The van der Waals surface area contributed by atoms with Crippen LogP contribution in [-0.4, -0.2) is 50.1 Å². The third-order valence-electron chi connectivity index (χ3n) is 3.83. The lowest BCUT2D eigenvalue weighted by molar-refractivity contribution is -0.130. The van der Waals surface area contributed by atoms with Crippen molar-refractivity contribution in [1.82, 2.24) is 4.90 Å². The van der Waals surface area contributed by atoms with Crippen LogP contribution < -0.4 is 10.1 Å².